The van der Waals surface area contributed by atoms with Crippen molar-refractivity contribution >= 4 is 16.0 Å². The maximum Gasteiger partial charge on any atom is 0.350 e. The molecule has 0 spiro atoms. The van der Waals surface area contributed by atoms with Gasteiger partial charge in [0, 0.05) is 13.0 Å². The number of halogens is 2. The summed E-state index contributed by atoms with van der Waals surface area (Å²) < 4.78 is 46.6. The van der Waals surface area contributed by atoms with Gasteiger partial charge in [-0.3, -0.25) is 4.79 Å². The molecule has 0 fully saturated rings. The van der Waals surface area contributed by atoms with Crippen LogP contribution in [0.1, 0.15) is 19.8 Å². The van der Waals surface area contributed by atoms with E-state index in [0.29, 0.717) is 0 Å². The van der Waals surface area contributed by atoms with Crippen LogP contribution in [0.5, 0.6) is 0 Å². The number of hydrogen-bond donors (Lipinski definition) is 2. The molecule has 0 heterocycles. The van der Waals surface area contributed by atoms with Crippen LogP contribution in [-0.2, 0) is 14.8 Å². The molecule has 0 aliphatic carbocycles. The molecule has 0 saturated heterocycles. The van der Waals surface area contributed by atoms with Gasteiger partial charge < -0.3 is 5.11 Å². The normalized spacial score (nSPS) is 14.1. The zero-order valence-corrected chi connectivity index (χ0v) is 8.93. The summed E-state index contributed by atoms with van der Waals surface area (Å²) in [6, 6.07) is 0. The van der Waals surface area contributed by atoms with E-state index in [0.717, 1.165) is 0 Å². The minimum atomic E-state index is -4.56. The summed E-state index contributed by atoms with van der Waals surface area (Å²) >= 11 is 0. The van der Waals surface area contributed by atoms with Gasteiger partial charge in [-0.05, 0) is 12.3 Å². The molecule has 0 radical (unpaired) electrons. The molecule has 0 rings (SSSR count). The van der Waals surface area contributed by atoms with Crippen LogP contribution < -0.4 is 4.72 Å². The van der Waals surface area contributed by atoms with Gasteiger partial charge >= 0.3 is 11.7 Å². The third-order valence-electron chi connectivity index (χ3n) is 1.72. The molecule has 8 heteroatoms. The third-order valence-corrected chi connectivity index (χ3v) is 2.76. The van der Waals surface area contributed by atoms with E-state index < -0.39 is 21.8 Å². The molecule has 0 aromatic heterocycles. The van der Waals surface area contributed by atoms with Crippen molar-refractivity contribution in [3.63, 3.8) is 0 Å². The monoisotopic (exact) mass is 245 g/mol. The van der Waals surface area contributed by atoms with E-state index in [9.17, 15) is 22.0 Å². The lowest BCUT2D eigenvalue weighted by Gasteiger charge is -2.11. The summed E-state index contributed by atoms with van der Waals surface area (Å²) in [5, 5.41) is 8.32. The van der Waals surface area contributed by atoms with Crippen LogP contribution in [0.4, 0.5) is 8.78 Å². The fourth-order valence-electron chi connectivity index (χ4n) is 0.793. The highest BCUT2D eigenvalue weighted by atomic mass is 32.2. The van der Waals surface area contributed by atoms with Crippen molar-refractivity contribution in [1.29, 1.82) is 0 Å². The molecule has 0 bridgehead atoms. The van der Waals surface area contributed by atoms with Crippen molar-refractivity contribution in [3.8, 4) is 0 Å². The van der Waals surface area contributed by atoms with Gasteiger partial charge in [0.2, 0.25) is 0 Å². The molecule has 1 unspecified atom stereocenters. The summed E-state index contributed by atoms with van der Waals surface area (Å²) in [5.74, 6) is -4.75. The number of sulfonamides is 1. The molecule has 90 valence electrons. The Morgan fingerprint density at radius 2 is 2.00 bits per heavy atom. The molecule has 0 aromatic rings. The zero-order valence-electron chi connectivity index (χ0n) is 8.11. The fourth-order valence-corrected chi connectivity index (χ4v) is 1.44. The highest BCUT2D eigenvalue weighted by Crippen LogP contribution is 2.07. The smallest absolute Gasteiger partial charge is 0.350 e. The summed E-state index contributed by atoms with van der Waals surface area (Å²) in [6.45, 7) is 1.40. The van der Waals surface area contributed by atoms with E-state index in [-0.39, 0.29) is 25.3 Å². The van der Waals surface area contributed by atoms with Crippen molar-refractivity contribution in [2.24, 2.45) is 5.92 Å². The molecule has 1 atom stereocenters. The molecule has 0 amide bonds. The number of hydrogen-bond acceptors (Lipinski definition) is 3. The number of nitrogens with one attached hydrogen (secondary N) is 1. The highest BCUT2D eigenvalue weighted by molar-refractivity contribution is 7.89. The predicted molar refractivity (Wildman–Crippen MR) is 49.0 cm³/mol. The average molecular weight is 245 g/mol. The molecule has 2 N–H and O–H groups in total. The quantitative estimate of drug-likeness (QED) is 0.689. The number of rotatable bonds is 7. The van der Waals surface area contributed by atoms with Gasteiger partial charge in [0.1, 0.15) is 0 Å². The molecular weight excluding hydrogens is 232 g/mol. The van der Waals surface area contributed by atoms with Crippen LogP contribution in [0, 0.1) is 5.92 Å². The first-order valence-electron chi connectivity index (χ1n) is 4.24. The van der Waals surface area contributed by atoms with E-state index in [1.807, 2.05) is 0 Å². The first kappa shape index (κ1) is 14.2. The lowest BCUT2D eigenvalue weighted by atomic mass is 10.1. The summed E-state index contributed by atoms with van der Waals surface area (Å²) in [5.41, 5.74) is 0. The van der Waals surface area contributed by atoms with Crippen molar-refractivity contribution in [2.75, 3.05) is 6.54 Å². The Kier molecular flexibility index (Phi) is 5.66. The standard InChI is InChI=1S/C7H13F2NO4S/c1-5(2-3-6(11)12)4-10-15(13,14)7(8)9/h5,7,10H,2-4H2,1H3,(H,11,12). The Morgan fingerprint density at radius 1 is 1.47 bits per heavy atom. The first-order chi connectivity index (χ1) is 6.75. The molecule has 0 aromatic carbocycles. The molecule has 0 saturated carbocycles. The van der Waals surface area contributed by atoms with E-state index in [1.54, 1.807) is 11.6 Å². The van der Waals surface area contributed by atoms with Gasteiger partial charge in [-0.2, -0.15) is 8.78 Å². The number of carboxylic acid groups (broad SMARTS) is 1. The van der Waals surface area contributed by atoms with Crippen molar-refractivity contribution in [3.05, 3.63) is 0 Å². The Bertz CT molecular complexity index is 304. The van der Waals surface area contributed by atoms with Crippen molar-refractivity contribution < 1.29 is 27.1 Å². The second-order valence-corrected chi connectivity index (χ2v) is 4.93. The second-order valence-electron chi connectivity index (χ2n) is 3.19. The maximum atomic E-state index is 11.8. The summed E-state index contributed by atoms with van der Waals surface area (Å²) in [6.07, 6.45) is 0.124. The van der Waals surface area contributed by atoms with Crippen LogP contribution in [0.2, 0.25) is 0 Å². The Morgan fingerprint density at radius 3 is 2.40 bits per heavy atom. The SMILES string of the molecule is CC(CCC(=O)O)CNS(=O)(=O)C(F)F. The van der Waals surface area contributed by atoms with Crippen LogP contribution in [0.15, 0.2) is 0 Å². The van der Waals surface area contributed by atoms with Crippen LogP contribution in [0.25, 0.3) is 0 Å². The van der Waals surface area contributed by atoms with Gasteiger partial charge in [0.05, 0.1) is 0 Å². The van der Waals surface area contributed by atoms with E-state index in [1.165, 1.54) is 0 Å². The summed E-state index contributed by atoms with van der Waals surface area (Å²) in [7, 11) is -4.56. The summed E-state index contributed by atoms with van der Waals surface area (Å²) in [4.78, 5) is 10.2. The lowest BCUT2D eigenvalue weighted by molar-refractivity contribution is -0.137. The highest BCUT2D eigenvalue weighted by Gasteiger charge is 2.23. The lowest BCUT2D eigenvalue weighted by Crippen LogP contribution is -2.33. The minimum absolute atomic E-state index is 0.114. The van der Waals surface area contributed by atoms with Crippen LogP contribution in [-0.4, -0.2) is 31.8 Å². The van der Waals surface area contributed by atoms with Gasteiger partial charge in [-0.1, -0.05) is 6.92 Å². The van der Waals surface area contributed by atoms with Gasteiger partial charge in [0.25, 0.3) is 10.0 Å². The Labute approximate surface area is 86.5 Å². The molecule has 15 heavy (non-hydrogen) atoms. The van der Waals surface area contributed by atoms with Crippen molar-refractivity contribution in [2.45, 2.75) is 25.5 Å². The Hall–Kier alpha value is -0.760. The van der Waals surface area contributed by atoms with Gasteiger partial charge in [0.15, 0.2) is 0 Å². The maximum absolute atomic E-state index is 11.8. The number of carboxylic acids is 1. The van der Waals surface area contributed by atoms with Gasteiger partial charge in [-0.15, -0.1) is 0 Å². The second kappa shape index (κ2) is 5.96. The third kappa shape index (κ3) is 6.34. The number of aliphatic carboxylic acids is 1. The minimum Gasteiger partial charge on any atom is -0.481 e. The number of alkyl halides is 2. The topological polar surface area (TPSA) is 83.5 Å². The molecular formula is C7H13F2NO4S. The largest absolute Gasteiger partial charge is 0.481 e. The average Bonchev–Trinajstić information content (AvgIpc) is 2.11. The molecule has 5 nitrogen and oxygen atoms in total. The van der Waals surface area contributed by atoms with Crippen molar-refractivity contribution in [1.82, 2.24) is 4.72 Å². The predicted octanol–water partition coefficient (Wildman–Crippen LogP) is 0.629. The van der Waals surface area contributed by atoms with E-state index in [2.05, 4.69) is 0 Å². The van der Waals surface area contributed by atoms with Crippen LogP contribution >= 0.6 is 0 Å². The Balaban J connectivity index is 3.91. The molecule has 0 aliphatic rings. The van der Waals surface area contributed by atoms with Gasteiger partial charge in [-0.25, -0.2) is 13.1 Å². The molecule has 0 aliphatic heterocycles. The zero-order chi connectivity index (χ0) is 12.1. The number of carbonyl (C=O) groups is 1. The van der Waals surface area contributed by atoms with Crippen LogP contribution in [0.3, 0.4) is 0 Å². The van der Waals surface area contributed by atoms with E-state index >= 15 is 0 Å². The first-order valence-corrected chi connectivity index (χ1v) is 5.78. The fraction of sp³-hybridized carbons (Fsp3) is 0.857. The van der Waals surface area contributed by atoms with E-state index in [4.69, 9.17) is 5.11 Å².